The zero-order valence-corrected chi connectivity index (χ0v) is 16.7. The molecular weight excluding hydrogens is 348 g/mol. The van der Waals surface area contributed by atoms with Gasteiger partial charge in [0.2, 0.25) is 0 Å². The first kappa shape index (κ1) is 19.0. The molecule has 0 radical (unpaired) electrons. The van der Waals surface area contributed by atoms with E-state index < -0.39 is 0 Å². The lowest BCUT2D eigenvalue weighted by Gasteiger charge is -2.32. The number of rotatable bonds is 7. The van der Waals surface area contributed by atoms with Gasteiger partial charge in [-0.1, -0.05) is 35.9 Å². The highest BCUT2D eigenvalue weighted by Crippen LogP contribution is 2.28. The van der Waals surface area contributed by atoms with Gasteiger partial charge in [0.25, 0.3) is 5.91 Å². The number of hydrogen-bond donors (Lipinski definition) is 1. The quantitative estimate of drug-likeness (QED) is 0.786. The van der Waals surface area contributed by atoms with E-state index in [1.807, 2.05) is 35.2 Å². The minimum Gasteiger partial charge on any atom is -0.489 e. The summed E-state index contributed by atoms with van der Waals surface area (Å²) in [4.78, 5) is 14.9. The van der Waals surface area contributed by atoms with Crippen LogP contribution in [0, 0.1) is 12.8 Å². The fraction of sp³-hybridized carbons (Fsp3) is 0.458. The molecule has 2 aromatic carbocycles. The number of hydrogen-bond acceptors (Lipinski definition) is 3. The maximum Gasteiger partial charge on any atom is 0.253 e. The molecule has 0 spiro atoms. The summed E-state index contributed by atoms with van der Waals surface area (Å²) in [7, 11) is 0. The molecule has 1 aliphatic carbocycles. The molecule has 1 saturated carbocycles. The number of nitrogens with one attached hydrogen (secondary N) is 1. The SMILES string of the molecule is Cc1cccc(COc2cccc(C(=O)N3CCC(NCC4CC4)CC3)c2)c1. The van der Waals surface area contributed by atoms with E-state index in [2.05, 4.69) is 30.4 Å². The fourth-order valence-corrected chi connectivity index (χ4v) is 3.81. The number of likely N-dealkylation sites (tertiary alicyclic amines) is 1. The predicted octanol–water partition coefficient (Wildman–Crippen LogP) is 4.18. The Kier molecular flexibility index (Phi) is 5.96. The first-order valence-corrected chi connectivity index (χ1v) is 10.5. The molecule has 0 bridgehead atoms. The highest BCUT2D eigenvalue weighted by Gasteiger charge is 2.26. The van der Waals surface area contributed by atoms with Crippen LogP contribution in [-0.4, -0.2) is 36.5 Å². The maximum atomic E-state index is 12.9. The molecule has 2 aromatic rings. The average Bonchev–Trinajstić information content (AvgIpc) is 3.55. The van der Waals surface area contributed by atoms with E-state index in [9.17, 15) is 4.79 Å². The zero-order valence-electron chi connectivity index (χ0n) is 16.7. The van der Waals surface area contributed by atoms with E-state index in [-0.39, 0.29) is 5.91 Å². The van der Waals surface area contributed by atoms with E-state index in [0.717, 1.165) is 49.7 Å². The third-order valence-corrected chi connectivity index (χ3v) is 5.74. The Morgan fingerprint density at radius 3 is 2.61 bits per heavy atom. The lowest BCUT2D eigenvalue weighted by molar-refractivity contribution is 0.0704. The van der Waals surface area contributed by atoms with Gasteiger partial charge in [0, 0.05) is 24.7 Å². The number of amides is 1. The fourth-order valence-electron chi connectivity index (χ4n) is 3.81. The molecule has 2 aliphatic rings. The lowest BCUT2D eigenvalue weighted by Crippen LogP contribution is -2.45. The van der Waals surface area contributed by atoms with Crippen molar-refractivity contribution < 1.29 is 9.53 Å². The van der Waals surface area contributed by atoms with Gasteiger partial charge in [0.05, 0.1) is 0 Å². The van der Waals surface area contributed by atoms with Gasteiger partial charge in [-0.05, 0) is 68.8 Å². The molecule has 0 unspecified atom stereocenters. The van der Waals surface area contributed by atoms with Gasteiger partial charge in [0.1, 0.15) is 12.4 Å². The molecule has 1 saturated heterocycles. The van der Waals surface area contributed by atoms with Crippen molar-refractivity contribution in [1.82, 2.24) is 10.2 Å². The second kappa shape index (κ2) is 8.78. The Morgan fingerprint density at radius 1 is 1.07 bits per heavy atom. The van der Waals surface area contributed by atoms with Crippen LogP contribution in [0.4, 0.5) is 0 Å². The van der Waals surface area contributed by atoms with Crippen molar-refractivity contribution in [3.05, 3.63) is 65.2 Å². The van der Waals surface area contributed by atoms with E-state index in [1.165, 1.54) is 18.4 Å². The Labute approximate surface area is 167 Å². The summed E-state index contributed by atoms with van der Waals surface area (Å²) in [5, 5.41) is 3.67. The van der Waals surface area contributed by atoms with Gasteiger partial charge in [0.15, 0.2) is 0 Å². The summed E-state index contributed by atoms with van der Waals surface area (Å²) in [6, 6.07) is 16.4. The molecule has 4 nitrogen and oxygen atoms in total. The minimum absolute atomic E-state index is 0.113. The minimum atomic E-state index is 0.113. The smallest absolute Gasteiger partial charge is 0.253 e. The zero-order chi connectivity index (χ0) is 19.3. The van der Waals surface area contributed by atoms with Crippen LogP contribution >= 0.6 is 0 Å². The van der Waals surface area contributed by atoms with Crippen LogP contribution < -0.4 is 10.1 Å². The third-order valence-electron chi connectivity index (χ3n) is 5.74. The van der Waals surface area contributed by atoms with Crippen LogP contribution in [0.3, 0.4) is 0 Å². The van der Waals surface area contributed by atoms with Gasteiger partial charge < -0.3 is 15.0 Å². The summed E-state index contributed by atoms with van der Waals surface area (Å²) in [5.74, 6) is 1.76. The predicted molar refractivity (Wildman–Crippen MR) is 112 cm³/mol. The maximum absolute atomic E-state index is 12.9. The summed E-state index contributed by atoms with van der Waals surface area (Å²) < 4.78 is 5.92. The highest BCUT2D eigenvalue weighted by molar-refractivity contribution is 5.94. The molecule has 2 fully saturated rings. The normalized spacial score (nSPS) is 17.5. The van der Waals surface area contributed by atoms with Crippen LogP contribution in [0.25, 0.3) is 0 Å². The van der Waals surface area contributed by atoms with E-state index in [1.54, 1.807) is 0 Å². The molecule has 148 valence electrons. The van der Waals surface area contributed by atoms with Crippen LogP contribution in [0.15, 0.2) is 48.5 Å². The van der Waals surface area contributed by atoms with Gasteiger partial charge in [-0.15, -0.1) is 0 Å². The first-order valence-electron chi connectivity index (χ1n) is 10.5. The van der Waals surface area contributed by atoms with Gasteiger partial charge in [-0.3, -0.25) is 4.79 Å². The van der Waals surface area contributed by atoms with Crippen molar-refractivity contribution in [3.63, 3.8) is 0 Å². The molecule has 1 heterocycles. The molecule has 28 heavy (non-hydrogen) atoms. The van der Waals surface area contributed by atoms with Crippen molar-refractivity contribution in [1.29, 1.82) is 0 Å². The number of aryl methyl sites for hydroxylation is 1. The topological polar surface area (TPSA) is 41.6 Å². The van der Waals surface area contributed by atoms with Crippen LogP contribution in [-0.2, 0) is 6.61 Å². The number of nitrogens with zero attached hydrogens (tertiary/aromatic N) is 1. The monoisotopic (exact) mass is 378 g/mol. The average molecular weight is 379 g/mol. The molecule has 1 amide bonds. The molecule has 0 atom stereocenters. The molecule has 0 aromatic heterocycles. The van der Waals surface area contributed by atoms with Gasteiger partial charge in [-0.2, -0.15) is 0 Å². The lowest BCUT2D eigenvalue weighted by atomic mass is 10.0. The van der Waals surface area contributed by atoms with Crippen LogP contribution in [0.5, 0.6) is 5.75 Å². The summed E-state index contributed by atoms with van der Waals surface area (Å²) >= 11 is 0. The number of benzene rings is 2. The molecule has 4 rings (SSSR count). The molecule has 1 N–H and O–H groups in total. The summed E-state index contributed by atoms with van der Waals surface area (Å²) in [6.07, 6.45) is 4.85. The standard InChI is InChI=1S/C24H30N2O2/c1-18-4-2-5-20(14-18)17-28-23-7-3-6-21(15-23)24(27)26-12-10-22(11-13-26)25-16-19-8-9-19/h2-7,14-15,19,22,25H,8-13,16-17H2,1H3. The molecule has 4 heteroatoms. The molecule has 1 aliphatic heterocycles. The number of piperidine rings is 1. The van der Waals surface area contributed by atoms with Crippen molar-refractivity contribution >= 4 is 5.91 Å². The second-order valence-corrected chi connectivity index (χ2v) is 8.22. The van der Waals surface area contributed by atoms with E-state index in [4.69, 9.17) is 4.74 Å². The van der Waals surface area contributed by atoms with E-state index >= 15 is 0 Å². The first-order chi connectivity index (χ1) is 13.7. The second-order valence-electron chi connectivity index (χ2n) is 8.22. The summed E-state index contributed by atoms with van der Waals surface area (Å²) in [5.41, 5.74) is 3.07. The number of ether oxygens (including phenoxy) is 1. The highest BCUT2D eigenvalue weighted by atomic mass is 16.5. The Balaban J connectivity index is 1.30. The molecular formula is C24H30N2O2. The van der Waals surface area contributed by atoms with Crippen LogP contribution in [0.2, 0.25) is 0 Å². The summed E-state index contributed by atoms with van der Waals surface area (Å²) in [6.45, 7) is 5.40. The third kappa shape index (κ3) is 5.14. The van der Waals surface area contributed by atoms with Crippen LogP contribution in [0.1, 0.15) is 47.2 Å². The largest absolute Gasteiger partial charge is 0.489 e. The van der Waals surface area contributed by atoms with Gasteiger partial charge in [-0.25, -0.2) is 0 Å². The van der Waals surface area contributed by atoms with Crippen molar-refractivity contribution in [2.75, 3.05) is 19.6 Å². The van der Waals surface area contributed by atoms with E-state index in [0.29, 0.717) is 18.2 Å². The number of carbonyl (C=O) groups is 1. The number of carbonyl (C=O) groups excluding carboxylic acids is 1. The Bertz CT molecular complexity index is 808. The van der Waals surface area contributed by atoms with Crippen molar-refractivity contribution in [3.8, 4) is 5.75 Å². The Morgan fingerprint density at radius 2 is 1.86 bits per heavy atom. The van der Waals surface area contributed by atoms with Crippen molar-refractivity contribution in [2.45, 2.75) is 45.3 Å². The Hall–Kier alpha value is -2.33. The van der Waals surface area contributed by atoms with Crippen molar-refractivity contribution in [2.24, 2.45) is 5.92 Å². The van der Waals surface area contributed by atoms with Gasteiger partial charge >= 0.3 is 0 Å².